The van der Waals surface area contributed by atoms with Gasteiger partial charge < -0.3 is 10.2 Å². The number of hydrogen-bond acceptors (Lipinski definition) is 2. The average molecular weight is 224 g/mol. The van der Waals surface area contributed by atoms with Gasteiger partial charge in [-0.3, -0.25) is 0 Å². The van der Waals surface area contributed by atoms with Crippen LogP contribution >= 0.6 is 0 Å². The molecule has 1 aliphatic heterocycles. The predicted molar refractivity (Wildman–Crippen MR) is 69.6 cm³/mol. The third-order valence-corrected chi connectivity index (χ3v) is 4.75. The minimum atomic E-state index is 0.805. The first kappa shape index (κ1) is 12.4. The molecule has 0 amide bonds. The van der Waals surface area contributed by atoms with Crippen LogP contribution in [0.25, 0.3) is 0 Å². The molecule has 2 nitrogen and oxygen atoms in total. The van der Waals surface area contributed by atoms with Gasteiger partial charge in [0, 0.05) is 12.6 Å². The highest BCUT2D eigenvalue weighted by atomic mass is 15.2. The van der Waals surface area contributed by atoms with Crippen LogP contribution in [0.15, 0.2) is 0 Å². The van der Waals surface area contributed by atoms with E-state index in [2.05, 4.69) is 24.2 Å². The van der Waals surface area contributed by atoms with E-state index in [9.17, 15) is 0 Å². The van der Waals surface area contributed by atoms with Crippen molar-refractivity contribution in [2.75, 3.05) is 26.7 Å². The molecule has 16 heavy (non-hydrogen) atoms. The van der Waals surface area contributed by atoms with Gasteiger partial charge in [0.2, 0.25) is 0 Å². The fourth-order valence-electron chi connectivity index (χ4n) is 3.37. The van der Waals surface area contributed by atoms with Crippen LogP contribution < -0.4 is 5.32 Å². The van der Waals surface area contributed by atoms with E-state index in [1.165, 1.54) is 58.2 Å². The van der Waals surface area contributed by atoms with Crippen LogP contribution in [0.1, 0.15) is 45.4 Å². The molecule has 0 aromatic carbocycles. The van der Waals surface area contributed by atoms with Crippen LogP contribution in [0.4, 0.5) is 0 Å². The summed E-state index contributed by atoms with van der Waals surface area (Å²) in [5.41, 5.74) is 0. The molecule has 2 fully saturated rings. The fraction of sp³-hybridized carbons (Fsp3) is 1.00. The summed E-state index contributed by atoms with van der Waals surface area (Å²) >= 11 is 0. The molecule has 0 bridgehead atoms. The Kier molecular flexibility index (Phi) is 4.66. The van der Waals surface area contributed by atoms with Gasteiger partial charge in [-0.2, -0.15) is 0 Å². The van der Waals surface area contributed by atoms with Crippen molar-refractivity contribution < 1.29 is 0 Å². The van der Waals surface area contributed by atoms with Crippen molar-refractivity contribution in [3.8, 4) is 0 Å². The Balaban J connectivity index is 1.63. The summed E-state index contributed by atoms with van der Waals surface area (Å²) in [4.78, 5) is 2.51. The molecule has 0 aromatic rings. The van der Waals surface area contributed by atoms with Crippen molar-refractivity contribution in [1.82, 2.24) is 10.2 Å². The lowest BCUT2D eigenvalue weighted by Gasteiger charge is -2.30. The summed E-state index contributed by atoms with van der Waals surface area (Å²) in [7, 11) is 2.27. The Morgan fingerprint density at radius 3 is 2.56 bits per heavy atom. The summed E-state index contributed by atoms with van der Waals surface area (Å²) in [5.74, 6) is 1.89. The summed E-state index contributed by atoms with van der Waals surface area (Å²) in [5, 5.41) is 3.72. The lowest BCUT2D eigenvalue weighted by molar-refractivity contribution is 0.235. The zero-order valence-corrected chi connectivity index (χ0v) is 11.0. The standard InChI is InChI=1S/C14H28N2/c1-12-6-3-4-7-13(12)10-15-11-14-8-5-9-16(14)2/h12-15H,3-11H2,1-2H3. The van der Waals surface area contributed by atoms with Crippen molar-refractivity contribution in [3.05, 3.63) is 0 Å². The van der Waals surface area contributed by atoms with Crippen LogP contribution in [0.5, 0.6) is 0 Å². The molecule has 2 aliphatic rings. The van der Waals surface area contributed by atoms with Gasteiger partial charge in [0.25, 0.3) is 0 Å². The average Bonchev–Trinajstić information content (AvgIpc) is 2.67. The molecule has 3 unspecified atom stereocenters. The Morgan fingerprint density at radius 1 is 1.06 bits per heavy atom. The fourth-order valence-corrected chi connectivity index (χ4v) is 3.37. The minimum absolute atomic E-state index is 0.805. The smallest absolute Gasteiger partial charge is 0.0218 e. The Labute approximate surface area is 101 Å². The molecule has 2 rings (SSSR count). The van der Waals surface area contributed by atoms with E-state index in [0.717, 1.165) is 17.9 Å². The van der Waals surface area contributed by atoms with E-state index < -0.39 is 0 Å². The van der Waals surface area contributed by atoms with Gasteiger partial charge in [0.15, 0.2) is 0 Å². The van der Waals surface area contributed by atoms with Crippen molar-refractivity contribution >= 4 is 0 Å². The van der Waals surface area contributed by atoms with Crippen LogP contribution in [0.2, 0.25) is 0 Å². The normalized spacial score (nSPS) is 36.8. The van der Waals surface area contributed by atoms with Gasteiger partial charge in [-0.1, -0.05) is 26.2 Å². The number of nitrogens with zero attached hydrogens (tertiary/aromatic N) is 1. The molecule has 94 valence electrons. The van der Waals surface area contributed by atoms with E-state index >= 15 is 0 Å². The zero-order chi connectivity index (χ0) is 11.4. The van der Waals surface area contributed by atoms with E-state index in [4.69, 9.17) is 0 Å². The minimum Gasteiger partial charge on any atom is -0.315 e. The molecular formula is C14H28N2. The predicted octanol–water partition coefficient (Wildman–Crippen LogP) is 2.50. The number of hydrogen-bond donors (Lipinski definition) is 1. The summed E-state index contributed by atoms with van der Waals surface area (Å²) in [6, 6.07) is 0.805. The van der Waals surface area contributed by atoms with Gasteiger partial charge >= 0.3 is 0 Å². The van der Waals surface area contributed by atoms with E-state index in [1.54, 1.807) is 0 Å². The molecule has 2 heteroatoms. The first-order valence-corrected chi connectivity index (χ1v) is 7.18. The molecule has 0 radical (unpaired) electrons. The summed E-state index contributed by atoms with van der Waals surface area (Å²) in [6.07, 6.45) is 8.61. The quantitative estimate of drug-likeness (QED) is 0.789. The van der Waals surface area contributed by atoms with Gasteiger partial charge in [-0.25, -0.2) is 0 Å². The van der Waals surface area contributed by atoms with E-state index in [-0.39, 0.29) is 0 Å². The first-order chi connectivity index (χ1) is 7.77. The van der Waals surface area contributed by atoms with Crippen molar-refractivity contribution in [2.24, 2.45) is 11.8 Å². The van der Waals surface area contributed by atoms with Crippen LogP contribution in [0, 0.1) is 11.8 Å². The Morgan fingerprint density at radius 2 is 1.88 bits per heavy atom. The molecular weight excluding hydrogens is 196 g/mol. The SMILES string of the molecule is CC1CCCCC1CNCC1CCCN1C. The maximum Gasteiger partial charge on any atom is 0.0218 e. The maximum atomic E-state index is 3.72. The Hall–Kier alpha value is -0.0800. The number of likely N-dealkylation sites (tertiary alicyclic amines) is 1. The van der Waals surface area contributed by atoms with Crippen molar-refractivity contribution in [3.63, 3.8) is 0 Å². The number of rotatable bonds is 4. The third kappa shape index (κ3) is 3.21. The van der Waals surface area contributed by atoms with Gasteiger partial charge in [-0.05, 0) is 51.2 Å². The van der Waals surface area contributed by atoms with Crippen LogP contribution in [-0.2, 0) is 0 Å². The molecule has 1 heterocycles. The van der Waals surface area contributed by atoms with Crippen LogP contribution in [-0.4, -0.2) is 37.6 Å². The van der Waals surface area contributed by atoms with E-state index in [1.807, 2.05) is 0 Å². The molecule has 1 aliphatic carbocycles. The monoisotopic (exact) mass is 224 g/mol. The maximum absolute atomic E-state index is 3.72. The molecule has 1 saturated carbocycles. The third-order valence-electron chi connectivity index (χ3n) is 4.75. The van der Waals surface area contributed by atoms with Crippen LogP contribution in [0.3, 0.4) is 0 Å². The van der Waals surface area contributed by atoms with Gasteiger partial charge in [0.05, 0.1) is 0 Å². The van der Waals surface area contributed by atoms with Crippen molar-refractivity contribution in [1.29, 1.82) is 0 Å². The molecule has 0 aromatic heterocycles. The van der Waals surface area contributed by atoms with Gasteiger partial charge in [0.1, 0.15) is 0 Å². The molecule has 0 spiro atoms. The zero-order valence-electron chi connectivity index (χ0n) is 11.0. The lowest BCUT2D eigenvalue weighted by Crippen LogP contribution is -2.38. The largest absolute Gasteiger partial charge is 0.315 e. The highest BCUT2D eigenvalue weighted by Crippen LogP contribution is 2.28. The lowest BCUT2D eigenvalue weighted by atomic mass is 9.80. The second kappa shape index (κ2) is 6.02. The number of nitrogens with one attached hydrogen (secondary N) is 1. The summed E-state index contributed by atoms with van der Waals surface area (Å²) < 4.78 is 0. The van der Waals surface area contributed by atoms with Gasteiger partial charge in [-0.15, -0.1) is 0 Å². The topological polar surface area (TPSA) is 15.3 Å². The Bertz CT molecular complexity index is 205. The number of likely N-dealkylation sites (N-methyl/N-ethyl adjacent to an activating group) is 1. The first-order valence-electron chi connectivity index (χ1n) is 7.18. The second-order valence-corrected chi connectivity index (χ2v) is 5.96. The molecule has 1 N–H and O–H groups in total. The second-order valence-electron chi connectivity index (χ2n) is 5.96. The van der Waals surface area contributed by atoms with E-state index in [0.29, 0.717) is 0 Å². The molecule has 1 saturated heterocycles. The van der Waals surface area contributed by atoms with Crippen molar-refractivity contribution in [2.45, 2.75) is 51.5 Å². The summed E-state index contributed by atoms with van der Waals surface area (Å²) in [6.45, 7) is 6.20. The molecule has 3 atom stereocenters. The highest BCUT2D eigenvalue weighted by molar-refractivity contribution is 4.80. The highest BCUT2D eigenvalue weighted by Gasteiger charge is 2.23.